The number of nitrogens with one attached hydrogen (secondary N) is 1. The quantitative estimate of drug-likeness (QED) is 0.389. The van der Waals surface area contributed by atoms with E-state index in [-0.39, 0.29) is 12.3 Å². The van der Waals surface area contributed by atoms with Crippen LogP contribution in [0.15, 0.2) is 55.2 Å². The number of carbonyl (C=O) groups is 1. The number of aryl methyl sites for hydroxylation is 1. The van der Waals surface area contributed by atoms with E-state index >= 15 is 0 Å². The number of rotatable bonds is 8. The third-order valence-electron chi connectivity index (χ3n) is 4.08. The van der Waals surface area contributed by atoms with Gasteiger partial charge < -0.3 is 18.7 Å². The highest BCUT2D eigenvalue weighted by Gasteiger charge is 2.14. The number of hydrogen-bond donors (Lipinski definition) is 1. The van der Waals surface area contributed by atoms with E-state index in [4.69, 9.17) is 25.0 Å². The molecule has 4 aromatic rings. The predicted molar refractivity (Wildman–Crippen MR) is 109 cm³/mol. The highest BCUT2D eigenvalue weighted by Crippen LogP contribution is 2.25. The van der Waals surface area contributed by atoms with Crippen LogP contribution < -0.4 is 5.32 Å². The Morgan fingerprint density at radius 3 is 2.97 bits per heavy atom. The fourth-order valence-corrected chi connectivity index (χ4v) is 3.30. The van der Waals surface area contributed by atoms with Crippen molar-refractivity contribution in [3.8, 4) is 11.7 Å². The molecule has 0 radical (unpaired) electrons. The summed E-state index contributed by atoms with van der Waals surface area (Å²) in [7, 11) is 0. The van der Waals surface area contributed by atoms with Crippen LogP contribution in [0.3, 0.4) is 0 Å². The van der Waals surface area contributed by atoms with E-state index in [0.717, 1.165) is 5.56 Å². The molecule has 1 aromatic carbocycles. The number of hydrogen-bond acceptors (Lipinski definition) is 9. The molecule has 0 atom stereocenters. The molecule has 11 heteroatoms. The van der Waals surface area contributed by atoms with Gasteiger partial charge in [-0.1, -0.05) is 34.6 Å². The fourth-order valence-electron chi connectivity index (χ4n) is 2.52. The first-order valence-corrected chi connectivity index (χ1v) is 10.3. The van der Waals surface area contributed by atoms with Gasteiger partial charge in [0.05, 0.1) is 12.0 Å². The first kappa shape index (κ1) is 20.2. The summed E-state index contributed by atoms with van der Waals surface area (Å²) in [5.74, 6) is 1.88. The molecule has 30 heavy (non-hydrogen) atoms. The molecule has 0 aliphatic carbocycles. The van der Waals surface area contributed by atoms with Crippen molar-refractivity contribution in [2.24, 2.45) is 0 Å². The molecule has 1 N–H and O–H groups in total. The average molecular weight is 446 g/mol. The molecule has 0 fully saturated rings. The van der Waals surface area contributed by atoms with Gasteiger partial charge in [-0.15, -0.1) is 10.2 Å². The Labute approximate surface area is 180 Å². The maximum Gasteiger partial charge on any atom is 0.284 e. The van der Waals surface area contributed by atoms with Gasteiger partial charge in [0.2, 0.25) is 11.8 Å². The van der Waals surface area contributed by atoms with Gasteiger partial charge in [0.15, 0.2) is 11.6 Å². The third-order valence-corrected chi connectivity index (χ3v) is 5.30. The van der Waals surface area contributed by atoms with Crippen LogP contribution in [0, 0.1) is 6.92 Å². The van der Waals surface area contributed by atoms with Gasteiger partial charge in [0, 0.05) is 23.6 Å². The van der Waals surface area contributed by atoms with E-state index < -0.39 is 0 Å². The summed E-state index contributed by atoms with van der Waals surface area (Å²) in [5, 5.41) is 15.6. The Bertz CT molecular complexity index is 1140. The minimum Gasteiger partial charge on any atom is -0.459 e. The zero-order valence-corrected chi connectivity index (χ0v) is 17.4. The van der Waals surface area contributed by atoms with Gasteiger partial charge >= 0.3 is 0 Å². The number of amides is 1. The highest BCUT2D eigenvalue weighted by molar-refractivity contribution is 7.98. The van der Waals surface area contributed by atoms with Crippen molar-refractivity contribution in [3.63, 3.8) is 0 Å². The molecule has 0 unspecified atom stereocenters. The molecular weight excluding hydrogens is 430 g/mol. The third kappa shape index (κ3) is 4.89. The molecule has 4 rings (SSSR count). The molecule has 9 nitrogen and oxygen atoms in total. The van der Waals surface area contributed by atoms with Crippen LogP contribution in [0.4, 0.5) is 5.69 Å². The molecule has 3 aromatic heterocycles. The topological polar surface area (TPSA) is 120 Å². The van der Waals surface area contributed by atoms with Crippen molar-refractivity contribution >= 4 is 35.0 Å². The number of anilines is 1. The largest absolute Gasteiger partial charge is 0.459 e. The molecule has 0 saturated carbocycles. The standard InChI is InChI=1S/C19H16ClN5O4S/c1-11-12(20)4-2-5-13(11)21-16(26)7-8-17-22-15(25-29-17)10-30-19-24-23-18(28-19)14-6-3-9-27-14/h2-6,9H,7-8,10H2,1H3,(H,21,26). The van der Waals surface area contributed by atoms with Gasteiger partial charge in [0.1, 0.15) is 0 Å². The lowest BCUT2D eigenvalue weighted by Gasteiger charge is -2.08. The molecule has 154 valence electrons. The fraction of sp³-hybridized carbons (Fsp3) is 0.211. The number of benzene rings is 1. The Hall–Kier alpha value is -3.11. The maximum absolute atomic E-state index is 12.2. The Morgan fingerprint density at radius 2 is 2.13 bits per heavy atom. The molecule has 1 amide bonds. The Balaban J connectivity index is 1.26. The smallest absolute Gasteiger partial charge is 0.284 e. The summed E-state index contributed by atoms with van der Waals surface area (Å²) in [6.45, 7) is 1.85. The van der Waals surface area contributed by atoms with Crippen LogP contribution in [0.2, 0.25) is 5.02 Å². The lowest BCUT2D eigenvalue weighted by Crippen LogP contribution is -2.13. The van der Waals surface area contributed by atoms with Crippen LogP contribution in [-0.4, -0.2) is 26.2 Å². The lowest BCUT2D eigenvalue weighted by molar-refractivity contribution is -0.116. The summed E-state index contributed by atoms with van der Waals surface area (Å²) in [5.41, 5.74) is 1.50. The number of furan rings is 1. The van der Waals surface area contributed by atoms with E-state index in [1.807, 2.05) is 6.92 Å². The summed E-state index contributed by atoms with van der Waals surface area (Å²) in [4.78, 5) is 16.5. The summed E-state index contributed by atoms with van der Waals surface area (Å²) < 4.78 is 15.9. The predicted octanol–water partition coefficient (Wildman–Crippen LogP) is 4.54. The van der Waals surface area contributed by atoms with Crippen LogP contribution in [0.5, 0.6) is 0 Å². The van der Waals surface area contributed by atoms with Gasteiger partial charge in [-0.2, -0.15) is 4.98 Å². The van der Waals surface area contributed by atoms with E-state index in [1.54, 1.807) is 30.3 Å². The van der Waals surface area contributed by atoms with Gasteiger partial charge in [-0.25, -0.2) is 0 Å². The average Bonchev–Trinajstić information content (AvgIpc) is 3.49. The SMILES string of the molecule is Cc1c(Cl)cccc1NC(=O)CCc1nc(CSc2nnc(-c3ccco3)o2)no1. The van der Waals surface area contributed by atoms with Crippen molar-refractivity contribution in [3.05, 3.63) is 58.9 Å². The summed E-state index contributed by atoms with van der Waals surface area (Å²) in [6.07, 6.45) is 2.06. The van der Waals surface area contributed by atoms with Crippen LogP contribution in [-0.2, 0) is 17.0 Å². The van der Waals surface area contributed by atoms with Gasteiger partial charge in [-0.3, -0.25) is 4.79 Å². The van der Waals surface area contributed by atoms with Crippen molar-refractivity contribution < 1.29 is 18.2 Å². The zero-order valence-electron chi connectivity index (χ0n) is 15.8. The molecule has 0 spiro atoms. The van der Waals surface area contributed by atoms with Crippen molar-refractivity contribution in [1.82, 2.24) is 20.3 Å². The molecule has 0 bridgehead atoms. The number of aromatic nitrogens is 4. The van der Waals surface area contributed by atoms with E-state index in [9.17, 15) is 4.79 Å². The molecule has 0 saturated heterocycles. The van der Waals surface area contributed by atoms with Crippen LogP contribution in [0.25, 0.3) is 11.7 Å². The highest BCUT2D eigenvalue weighted by atomic mass is 35.5. The molecule has 0 aliphatic rings. The minimum atomic E-state index is -0.161. The van der Waals surface area contributed by atoms with E-state index in [1.165, 1.54) is 18.0 Å². The van der Waals surface area contributed by atoms with Crippen LogP contribution in [0.1, 0.15) is 23.7 Å². The number of halogens is 1. The second kappa shape index (κ2) is 9.14. The Kier molecular flexibility index (Phi) is 6.15. The number of thioether (sulfide) groups is 1. The second-order valence-corrected chi connectivity index (χ2v) is 7.54. The second-order valence-electron chi connectivity index (χ2n) is 6.20. The lowest BCUT2D eigenvalue weighted by atomic mass is 10.2. The van der Waals surface area contributed by atoms with Crippen molar-refractivity contribution in [2.75, 3.05) is 5.32 Å². The normalized spacial score (nSPS) is 11.0. The number of nitrogens with zero attached hydrogens (tertiary/aromatic N) is 4. The minimum absolute atomic E-state index is 0.161. The van der Waals surface area contributed by atoms with Crippen molar-refractivity contribution in [2.45, 2.75) is 30.7 Å². The van der Waals surface area contributed by atoms with E-state index in [0.29, 0.717) is 51.5 Å². The summed E-state index contributed by atoms with van der Waals surface area (Å²) in [6, 6.07) is 8.83. The van der Waals surface area contributed by atoms with Gasteiger partial charge in [-0.05, 0) is 36.8 Å². The first-order valence-electron chi connectivity index (χ1n) is 8.95. The van der Waals surface area contributed by atoms with Crippen molar-refractivity contribution in [1.29, 1.82) is 0 Å². The molecular formula is C19H16ClN5O4S. The zero-order chi connectivity index (χ0) is 20.9. The monoisotopic (exact) mass is 445 g/mol. The number of carbonyl (C=O) groups excluding carboxylic acids is 1. The molecule has 3 heterocycles. The van der Waals surface area contributed by atoms with E-state index in [2.05, 4.69) is 25.7 Å². The molecule has 0 aliphatic heterocycles. The van der Waals surface area contributed by atoms with Gasteiger partial charge in [0.25, 0.3) is 11.1 Å². The first-order chi connectivity index (χ1) is 14.6. The van der Waals surface area contributed by atoms with Crippen LogP contribution >= 0.6 is 23.4 Å². The summed E-state index contributed by atoms with van der Waals surface area (Å²) >= 11 is 7.34. The Morgan fingerprint density at radius 1 is 1.23 bits per heavy atom. The maximum atomic E-state index is 12.2.